The summed E-state index contributed by atoms with van der Waals surface area (Å²) in [4.78, 5) is 16.0. The lowest BCUT2D eigenvalue weighted by molar-refractivity contribution is -0.310. The van der Waals surface area contributed by atoms with Crippen LogP contribution in [0.1, 0.15) is 33.6 Å². The summed E-state index contributed by atoms with van der Waals surface area (Å²) < 4.78 is 4.92. The third-order valence-electron chi connectivity index (χ3n) is 3.22. The van der Waals surface area contributed by atoms with Crippen LogP contribution in [0.3, 0.4) is 0 Å². The van der Waals surface area contributed by atoms with Crippen molar-refractivity contribution < 1.29 is 19.7 Å². The van der Waals surface area contributed by atoms with Crippen LogP contribution in [0.4, 0.5) is 0 Å². The fourth-order valence-electron chi connectivity index (χ4n) is 1.94. The van der Waals surface area contributed by atoms with E-state index < -0.39 is 11.5 Å². The fourth-order valence-corrected chi connectivity index (χ4v) is 1.94. The number of hydrogen-bond donors (Lipinski definition) is 1. The van der Waals surface area contributed by atoms with Gasteiger partial charge in [-0.25, -0.2) is 4.89 Å². The number of hydrogen-bond acceptors (Lipinski definition) is 4. The number of cyclic esters (lactones) is 1. The van der Waals surface area contributed by atoms with Crippen LogP contribution >= 0.6 is 0 Å². The van der Waals surface area contributed by atoms with Gasteiger partial charge >= 0.3 is 5.97 Å². The van der Waals surface area contributed by atoms with E-state index in [0.717, 1.165) is 6.42 Å². The van der Waals surface area contributed by atoms with Gasteiger partial charge < -0.3 is 4.74 Å². The molecule has 0 amide bonds. The summed E-state index contributed by atoms with van der Waals surface area (Å²) in [6.07, 6.45) is 0.998. The van der Waals surface area contributed by atoms with Crippen LogP contribution in [0, 0.1) is 11.3 Å². The van der Waals surface area contributed by atoms with E-state index in [9.17, 15) is 4.79 Å². The van der Waals surface area contributed by atoms with Crippen molar-refractivity contribution >= 4 is 5.97 Å². The first-order chi connectivity index (χ1) is 6.56. The Morgan fingerprint density at radius 2 is 2.36 bits per heavy atom. The molecule has 0 radical (unpaired) electrons. The molecule has 1 fully saturated rings. The molecule has 0 aliphatic carbocycles. The third-order valence-corrected chi connectivity index (χ3v) is 3.22. The third kappa shape index (κ3) is 1.77. The standard InChI is InChI=1S/C10H18O4/c1-4-7(2)8(14-12)10(3)5-6-13-9(10)11/h7-8,12H,4-6H2,1-3H3. The molecule has 0 bridgehead atoms. The van der Waals surface area contributed by atoms with Crippen LogP contribution < -0.4 is 0 Å². The van der Waals surface area contributed by atoms with E-state index in [0.29, 0.717) is 13.0 Å². The molecular formula is C10H18O4. The number of rotatable bonds is 4. The number of esters is 1. The Kier molecular flexibility index (Phi) is 3.50. The van der Waals surface area contributed by atoms with Crippen molar-refractivity contribution in [3.05, 3.63) is 0 Å². The van der Waals surface area contributed by atoms with Crippen LogP contribution in [0.5, 0.6) is 0 Å². The highest BCUT2D eigenvalue weighted by Crippen LogP contribution is 2.38. The summed E-state index contributed by atoms with van der Waals surface area (Å²) in [5, 5.41) is 8.86. The minimum atomic E-state index is -0.690. The molecule has 3 unspecified atom stereocenters. The van der Waals surface area contributed by atoms with Gasteiger partial charge in [-0.3, -0.25) is 10.1 Å². The summed E-state index contributed by atoms with van der Waals surface area (Å²) in [5.41, 5.74) is -0.690. The molecule has 1 rings (SSSR count). The Morgan fingerprint density at radius 3 is 2.71 bits per heavy atom. The largest absolute Gasteiger partial charge is 0.465 e. The van der Waals surface area contributed by atoms with Crippen LogP contribution in [0.15, 0.2) is 0 Å². The maximum Gasteiger partial charge on any atom is 0.314 e. The zero-order valence-electron chi connectivity index (χ0n) is 8.95. The van der Waals surface area contributed by atoms with E-state index in [1.54, 1.807) is 6.92 Å². The van der Waals surface area contributed by atoms with Crippen LogP contribution in [-0.2, 0) is 14.4 Å². The minimum absolute atomic E-state index is 0.135. The average molecular weight is 202 g/mol. The van der Waals surface area contributed by atoms with E-state index in [1.807, 2.05) is 13.8 Å². The SMILES string of the molecule is CCC(C)C(OO)C1(C)CCOC1=O. The maximum atomic E-state index is 11.5. The number of carbonyl (C=O) groups excluding carboxylic acids is 1. The molecule has 4 heteroatoms. The van der Waals surface area contributed by atoms with E-state index in [4.69, 9.17) is 9.99 Å². The molecule has 0 spiro atoms. The fraction of sp³-hybridized carbons (Fsp3) is 0.900. The number of carbonyl (C=O) groups is 1. The molecule has 1 N–H and O–H groups in total. The van der Waals surface area contributed by atoms with Gasteiger partial charge in [0.1, 0.15) is 6.10 Å². The summed E-state index contributed by atoms with van der Waals surface area (Å²) in [6.45, 7) is 6.17. The highest BCUT2D eigenvalue weighted by Gasteiger charge is 2.49. The highest BCUT2D eigenvalue weighted by atomic mass is 17.1. The molecule has 1 heterocycles. The van der Waals surface area contributed by atoms with Gasteiger partial charge in [-0.2, -0.15) is 0 Å². The second-order valence-corrected chi connectivity index (χ2v) is 4.21. The van der Waals surface area contributed by atoms with Gasteiger partial charge in [0.05, 0.1) is 12.0 Å². The molecule has 14 heavy (non-hydrogen) atoms. The van der Waals surface area contributed by atoms with Crippen molar-refractivity contribution in [2.75, 3.05) is 6.61 Å². The van der Waals surface area contributed by atoms with Crippen molar-refractivity contribution in [3.63, 3.8) is 0 Å². The lowest BCUT2D eigenvalue weighted by Gasteiger charge is -2.31. The highest BCUT2D eigenvalue weighted by molar-refractivity contribution is 5.78. The first-order valence-corrected chi connectivity index (χ1v) is 5.03. The van der Waals surface area contributed by atoms with Gasteiger partial charge in [0.15, 0.2) is 0 Å². The first-order valence-electron chi connectivity index (χ1n) is 5.03. The molecule has 1 aliphatic rings. The predicted molar refractivity (Wildman–Crippen MR) is 50.6 cm³/mol. The predicted octanol–water partition coefficient (Wildman–Crippen LogP) is 1.84. The molecule has 1 aliphatic heterocycles. The second-order valence-electron chi connectivity index (χ2n) is 4.21. The molecule has 4 nitrogen and oxygen atoms in total. The van der Waals surface area contributed by atoms with Crippen molar-refractivity contribution in [3.8, 4) is 0 Å². The van der Waals surface area contributed by atoms with Crippen molar-refractivity contribution in [2.45, 2.75) is 39.7 Å². The Balaban J connectivity index is 2.81. The van der Waals surface area contributed by atoms with E-state index in [-0.39, 0.29) is 11.9 Å². The Labute approximate surface area is 84.1 Å². The lowest BCUT2D eigenvalue weighted by atomic mass is 9.76. The van der Waals surface area contributed by atoms with Gasteiger partial charge in [-0.05, 0) is 12.8 Å². The van der Waals surface area contributed by atoms with Gasteiger partial charge in [-0.15, -0.1) is 0 Å². The molecule has 0 aromatic carbocycles. The molecule has 1 saturated heterocycles. The molecule has 0 saturated carbocycles. The average Bonchev–Trinajstić information content (AvgIpc) is 2.48. The monoisotopic (exact) mass is 202 g/mol. The second kappa shape index (κ2) is 4.28. The summed E-state index contributed by atoms with van der Waals surface area (Å²) in [6, 6.07) is 0. The molecule has 3 atom stereocenters. The lowest BCUT2D eigenvalue weighted by Crippen LogP contribution is -2.42. The topological polar surface area (TPSA) is 55.8 Å². The Bertz CT molecular complexity index is 216. The normalized spacial score (nSPS) is 31.3. The van der Waals surface area contributed by atoms with Crippen LogP contribution in [-0.4, -0.2) is 23.9 Å². The first kappa shape index (κ1) is 11.5. The summed E-state index contributed by atoms with van der Waals surface area (Å²) >= 11 is 0. The quantitative estimate of drug-likeness (QED) is 0.429. The van der Waals surface area contributed by atoms with Crippen LogP contribution in [0.25, 0.3) is 0 Å². The van der Waals surface area contributed by atoms with E-state index >= 15 is 0 Å². The molecule has 82 valence electrons. The van der Waals surface area contributed by atoms with E-state index in [1.165, 1.54) is 0 Å². The molecular weight excluding hydrogens is 184 g/mol. The number of ether oxygens (including phenoxy) is 1. The molecule has 0 aromatic rings. The van der Waals surface area contributed by atoms with Gasteiger partial charge in [0.2, 0.25) is 0 Å². The molecule has 0 aromatic heterocycles. The zero-order valence-corrected chi connectivity index (χ0v) is 8.95. The minimum Gasteiger partial charge on any atom is -0.465 e. The smallest absolute Gasteiger partial charge is 0.314 e. The Morgan fingerprint density at radius 1 is 1.71 bits per heavy atom. The summed E-state index contributed by atoms with van der Waals surface area (Å²) in [5.74, 6) is -0.132. The van der Waals surface area contributed by atoms with Gasteiger partial charge in [-0.1, -0.05) is 20.3 Å². The Hall–Kier alpha value is -0.610. The van der Waals surface area contributed by atoms with Gasteiger partial charge in [0, 0.05) is 6.42 Å². The van der Waals surface area contributed by atoms with Gasteiger partial charge in [0.25, 0.3) is 0 Å². The maximum absolute atomic E-state index is 11.5. The summed E-state index contributed by atoms with van der Waals surface area (Å²) in [7, 11) is 0. The van der Waals surface area contributed by atoms with Crippen molar-refractivity contribution in [1.82, 2.24) is 0 Å². The van der Waals surface area contributed by atoms with Crippen molar-refractivity contribution in [1.29, 1.82) is 0 Å². The van der Waals surface area contributed by atoms with Crippen LogP contribution in [0.2, 0.25) is 0 Å². The van der Waals surface area contributed by atoms with E-state index in [2.05, 4.69) is 4.89 Å². The van der Waals surface area contributed by atoms with Crippen molar-refractivity contribution in [2.24, 2.45) is 11.3 Å². The zero-order chi connectivity index (χ0) is 10.8.